The van der Waals surface area contributed by atoms with Gasteiger partial charge < -0.3 is 9.84 Å². The lowest BCUT2D eigenvalue weighted by molar-refractivity contribution is -0.00502. The molecule has 20 heavy (non-hydrogen) atoms. The van der Waals surface area contributed by atoms with Gasteiger partial charge >= 0.3 is 11.9 Å². The van der Waals surface area contributed by atoms with Crippen molar-refractivity contribution < 1.29 is 19.4 Å². The van der Waals surface area contributed by atoms with Crippen LogP contribution in [-0.4, -0.2) is 22.6 Å². The number of carboxylic acids is 1. The minimum atomic E-state index is -1.14. The van der Waals surface area contributed by atoms with Crippen LogP contribution in [0.1, 0.15) is 59.9 Å². The Morgan fingerprint density at radius 1 is 1.30 bits per heavy atom. The zero-order valence-corrected chi connectivity index (χ0v) is 13.7. The van der Waals surface area contributed by atoms with Crippen LogP contribution in [0.15, 0.2) is 16.6 Å². The van der Waals surface area contributed by atoms with E-state index < -0.39 is 17.5 Å². The van der Waals surface area contributed by atoms with Crippen molar-refractivity contribution in [2.24, 2.45) is 0 Å². The summed E-state index contributed by atoms with van der Waals surface area (Å²) in [4.78, 5) is 23.5. The number of aromatic carboxylic acids is 1. The monoisotopic (exact) mass is 342 g/mol. The fourth-order valence-corrected chi connectivity index (χ4v) is 2.33. The molecule has 0 amide bonds. The molecule has 0 heterocycles. The van der Waals surface area contributed by atoms with E-state index in [0.717, 1.165) is 12.0 Å². The second-order valence-electron chi connectivity index (χ2n) is 5.35. The molecular weight excluding hydrogens is 324 g/mol. The van der Waals surface area contributed by atoms with Crippen molar-refractivity contribution in [3.8, 4) is 0 Å². The Bertz CT molecular complexity index is 535. The summed E-state index contributed by atoms with van der Waals surface area (Å²) in [7, 11) is 0. The molecule has 0 spiro atoms. The van der Waals surface area contributed by atoms with Crippen LogP contribution < -0.4 is 0 Å². The van der Waals surface area contributed by atoms with E-state index in [2.05, 4.69) is 15.9 Å². The lowest BCUT2D eigenvalue weighted by atomic mass is 10.0. The highest BCUT2D eigenvalue weighted by molar-refractivity contribution is 9.10. The van der Waals surface area contributed by atoms with Gasteiger partial charge in [-0.2, -0.15) is 0 Å². The van der Waals surface area contributed by atoms with Gasteiger partial charge in [-0.3, -0.25) is 0 Å². The van der Waals surface area contributed by atoms with Gasteiger partial charge in [-0.25, -0.2) is 9.59 Å². The third-order valence-electron chi connectivity index (χ3n) is 2.97. The van der Waals surface area contributed by atoms with Crippen molar-refractivity contribution >= 4 is 27.9 Å². The smallest absolute Gasteiger partial charge is 0.339 e. The largest absolute Gasteiger partial charge is 0.478 e. The number of carbonyl (C=O) groups is 2. The summed E-state index contributed by atoms with van der Waals surface area (Å²) in [5.74, 6) is -1.75. The van der Waals surface area contributed by atoms with Crippen LogP contribution in [0.25, 0.3) is 0 Å². The molecule has 0 unspecified atom stereocenters. The summed E-state index contributed by atoms with van der Waals surface area (Å²) in [6.07, 6.45) is 1.60. The number of hydrogen-bond donors (Lipinski definition) is 1. The summed E-state index contributed by atoms with van der Waals surface area (Å²) < 4.78 is 6.11. The molecule has 0 fully saturated rings. The average Bonchev–Trinajstić information content (AvgIpc) is 2.30. The maximum absolute atomic E-state index is 12.2. The Balaban J connectivity index is 3.15. The predicted molar refractivity (Wildman–Crippen MR) is 80.2 cm³/mol. The first kappa shape index (κ1) is 16.7. The van der Waals surface area contributed by atoms with Gasteiger partial charge in [0, 0.05) is 4.47 Å². The van der Waals surface area contributed by atoms with Crippen LogP contribution in [0.3, 0.4) is 0 Å². The molecule has 4 nitrogen and oxygen atoms in total. The molecule has 0 aliphatic heterocycles. The Morgan fingerprint density at radius 2 is 1.90 bits per heavy atom. The molecule has 1 aromatic carbocycles. The number of aryl methyl sites for hydroxylation is 1. The van der Waals surface area contributed by atoms with Gasteiger partial charge in [0.1, 0.15) is 5.60 Å². The molecule has 0 atom stereocenters. The number of carbonyl (C=O) groups excluding carboxylic acids is 1. The van der Waals surface area contributed by atoms with Crippen molar-refractivity contribution in [2.45, 2.75) is 46.1 Å². The second kappa shape index (κ2) is 6.39. The van der Waals surface area contributed by atoms with Gasteiger partial charge in [0.25, 0.3) is 0 Å². The maximum atomic E-state index is 12.2. The molecule has 1 aromatic rings. The Hall–Kier alpha value is -1.36. The minimum Gasteiger partial charge on any atom is -0.478 e. The molecule has 0 saturated heterocycles. The Labute approximate surface area is 127 Å². The molecule has 0 bridgehead atoms. The number of ether oxygens (including phenoxy) is 1. The van der Waals surface area contributed by atoms with E-state index in [0.29, 0.717) is 10.9 Å². The first-order valence-corrected chi connectivity index (χ1v) is 7.24. The summed E-state index contributed by atoms with van der Waals surface area (Å²) in [6.45, 7) is 7.41. The molecule has 5 heteroatoms. The van der Waals surface area contributed by atoms with Crippen LogP contribution >= 0.6 is 15.9 Å². The van der Waals surface area contributed by atoms with Crippen molar-refractivity contribution in [1.29, 1.82) is 0 Å². The number of halogens is 1. The van der Waals surface area contributed by atoms with E-state index in [4.69, 9.17) is 4.74 Å². The van der Waals surface area contributed by atoms with E-state index in [1.165, 1.54) is 12.1 Å². The summed E-state index contributed by atoms with van der Waals surface area (Å²) in [6, 6.07) is 2.97. The van der Waals surface area contributed by atoms with E-state index in [1.54, 1.807) is 6.92 Å². The molecule has 0 saturated carbocycles. The van der Waals surface area contributed by atoms with Crippen molar-refractivity contribution in [2.75, 3.05) is 0 Å². The average molecular weight is 343 g/mol. The lowest BCUT2D eigenvalue weighted by Crippen LogP contribution is -2.28. The number of esters is 1. The predicted octanol–water partition coefficient (Wildman–Crippen LogP) is 4.19. The van der Waals surface area contributed by atoms with Gasteiger partial charge in [0.15, 0.2) is 0 Å². The first-order chi connectivity index (χ1) is 9.18. The quantitative estimate of drug-likeness (QED) is 0.814. The van der Waals surface area contributed by atoms with Gasteiger partial charge in [-0.15, -0.1) is 0 Å². The lowest BCUT2D eigenvalue weighted by Gasteiger charge is -2.25. The van der Waals surface area contributed by atoms with Crippen LogP contribution in [0.2, 0.25) is 0 Å². The molecule has 110 valence electrons. The van der Waals surface area contributed by atoms with Crippen molar-refractivity contribution in [3.63, 3.8) is 0 Å². The number of rotatable bonds is 5. The van der Waals surface area contributed by atoms with Crippen LogP contribution in [0, 0.1) is 6.92 Å². The molecule has 1 rings (SSSR count). The fourth-order valence-electron chi connectivity index (χ4n) is 1.99. The molecular formula is C15H19BrO4. The van der Waals surface area contributed by atoms with Gasteiger partial charge in [0.2, 0.25) is 0 Å². The summed E-state index contributed by atoms with van der Waals surface area (Å²) >= 11 is 3.31. The Morgan fingerprint density at radius 3 is 2.40 bits per heavy atom. The van der Waals surface area contributed by atoms with Crippen LogP contribution in [0.4, 0.5) is 0 Å². The van der Waals surface area contributed by atoms with Crippen LogP contribution in [-0.2, 0) is 4.74 Å². The SMILES string of the molecule is CCCC(C)(C)OC(=O)c1cc(Br)c(C)cc1C(=O)O. The van der Waals surface area contributed by atoms with Gasteiger partial charge in [0.05, 0.1) is 11.1 Å². The summed E-state index contributed by atoms with van der Waals surface area (Å²) in [5, 5.41) is 9.21. The second-order valence-corrected chi connectivity index (χ2v) is 6.21. The molecule has 0 aromatic heterocycles. The molecule has 1 N–H and O–H groups in total. The zero-order chi connectivity index (χ0) is 15.5. The highest BCUT2D eigenvalue weighted by Gasteiger charge is 2.26. The fraction of sp³-hybridized carbons (Fsp3) is 0.467. The Kier molecular flexibility index (Phi) is 5.34. The molecule has 0 aliphatic carbocycles. The van der Waals surface area contributed by atoms with E-state index in [-0.39, 0.29) is 11.1 Å². The van der Waals surface area contributed by atoms with Gasteiger partial charge in [-0.05, 0) is 44.9 Å². The van der Waals surface area contributed by atoms with E-state index >= 15 is 0 Å². The highest BCUT2D eigenvalue weighted by Crippen LogP contribution is 2.25. The van der Waals surface area contributed by atoms with Crippen LogP contribution in [0.5, 0.6) is 0 Å². The number of hydrogen-bond acceptors (Lipinski definition) is 3. The van der Waals surface area contributed by atoms with E-state index in [1.807, 2.05) is 20.8 Å². The third kappa shape index (κ3) is 4.07. The third-order valence-corrected chi connectivity index (χ3v) is 3.82. The van der Waals surface area contributed by atoms with Gasteiger partial charge in [-0.1, -0.05) is 29.3 Å². The van der Waals surface area contributed by atoms with Crippen molar-refractivity contribution in [1.82, 2.24) is 0 Å². The maximum Gasteiger partial charge on any atom is 0.339 e. The number of benzene rings is 1. The molecule has 0 radical (unpaired) electrons. The summed E-state index contributed by atoms with van der Waals surface area (Å²) in [5.41, 5.74) is 0.174. The normalized spacial score (nSPS) is 11.2. The highest BCUT2D eigenvalue weighted by atomic mass is 79.9. The number of carboxylic acid groups (broad SMARTS) is 1. The minimum absolute atomic E-state index is 0.0389. The van der Waals surface area contributed by atoms with Crippen molar-refractivity contribution in [3.05, 3.63) is 33.3 Å². The molecule has 0 aliphatic rings. The standard InChI is InChI=1S/C15H19BrO4/c1-5-6-15(3,4)20-14(19)11-8-12(16)9(2)7-10(11)13(17)18/h7-8H,5-6H2,1-4H3,(H,17,18). The zero-order valence-electron chi connectivity index (χ0n) is 12.1. The first-order valence-electron chi connectivity index (χ1n) is 6.44. The topological polar surface area (TPSA) is 63.6 Å². The van der Waals surface area contributed by atoms with E-state index in [9.17, 15) is 14.7 Å².